The van der Waals surface area contributed by atoms with Crippen molar-refractivity contribution in [1.82, 2.24) is 4.90 Å². The molecule has 1 aromatic carbocycles. The zero-order chi connectivity index (χ0) is 18.1. The second-order valence-corrected chi connectivity index (χ2v) is 5.43. The van der Waals surface area contributed by atoms with Crippen molar-refractivity contribution in [1.29, 1.82) is 0 Å². The second-order valence-electron chi connectivity index (χ2n) is 5.43. The van der Waals surface area contributed by atoms with Gasteiger partial charge >= 0.3 is 12.3 Å². The van der Waals surface area contributed by atoms with Crippen molar-refractivity contribution in [2.75, 3.05) is 13.1 Å². The maximum absolute atomic E-state index is 13.5. The summed E-state index contributed by atoms with van der Waals surface area (Å²) in [6, 6.07) is 2.28. The molecule has 0 atom stereocenters. The van der Waals surface area contributed by atoms with Crippen LogP contribution in [0.2, 0.25) is 0 Å². The number of halogens is 4. The Morgan fingerprint density at radius 2 is 1.71 bits per heavy atom. The van der Waals surface area contributed by atoms with E-state index in [1.807, 2.05) is 0 Å². The van der Waals surface area contributed by atoms with Crippen LogP contribution in [-0.4, -0.2) is 46.9 Å². The number of nitrogens with zero attached hydrogens (tertiary/aromatic N) is 1. The molecule has 0 aliphatic carbocycles. The minimum absolute atomic E-state index is 0.126. The highest BCUT2D eigenvalue weighted by Gasteiger charge is 2.41. The zero-order valence-electron chi connectivity index (χ0n) is 12.3. The number of carbonyl (C=O) groups excluding carboxylic acids is 2. The standard InChI is InChI=1S/C15H13F4NO4/c16-11-2-1-9(7-10(11)13(22)15(17,18)19)12(21)8-3-5-20(6-4-8)14(23)24/h1-2,7-8H,3-6H2,(H,23,24). The van der Waals surface area contributed by atoms with Crippen molar-refractivity contribution in [3.05, 3.63) is 35.1 Å². The first-order chi connectivity index (χ1) is 11.1. The lowest BCUT2D eigenvalue weighted by Gasteiger charge is -2.29. The molecule has 0 unspecified atom stereocenters. The Labute approximate surface area is 133 Å². The number of carbonyl (C=O) groups is 3. The molecule has 9 heteroatoms. The van der Waals surface area contributed by atoms with Gasteiger partial charge in [-0.3, -0.25) is 9.59 Å². The number of hydrogen-bond acceptors (Lipinski definition) is 3. The van der Waals surface area contributed by atoms with E-state index in [0.29, 0.717) is 12.1 Å². The van der Waals surface area contributed by atoms with Gasteiger partial charge in [-0.05, 0) is 31.0 Å². The molecule has 1 aromatic rings. The minimum atomic E-state index is -5.24. The molecule has 1 aliphatic heterocycles. The van der Waals surface area contributed by atoms with Gasteiger partial charge in [-0.15, -0.1) is 0 Å². The number of ketones is 2. The Kier molecular flexibility index (Phi) is 4.91. The molecule has 5 nitrogen and oxygen atoms in total. The maximum Gasteiger partial charge on any atom is 0.454 e. The average molecular weight is 347 g/mol. The van der Waals surface area contributed by atoms with E-state index in [1.165, 1.54) is 0 Å². The van der Waals surface area contributed by atoms with Crippen LogP contribution in [0.5, 0.6) is 0 Å². The van der Waals surface area contributed by atoms with E-state index in [0.717, 1.165) is 11.0 Å². The van der Waals surface area contributed by atoms with Gasteiger partial charge < -0.3 is 10.0 Å². The predicted molar refractivity (Wildman–Crippen MR) is 73.4 cm³/mol. The van der Waals surface area contributed by atoms with Crippen LogP contribution in [0.15, 0.2) is 18.2 Å². The largest absolute Gasteiger partial charge is 0.465 e. The Morgan fingerprint density at radius 1 is 1.12 bits per heavy atom. The van der Waals surface area contributed by atoms with E-state index in [-0.39, 0.29) is 31.5 Å². The number of hydrogen-bond donors (Lipinski definition) is 1. The summed E-state index contributed by atoms with van der Waals surface area (Å²) in [6.45, 7) is 0.253. The molecule has 2 rings (SSSR count). The summed E-state index contributed by atoms with van der Waals surface area (Å²) in [5.74, 6) is -4.82. The second kappa shape index (κ2) is 6.58. The van der Waals surface area contributed by atoms with Gasteiger partial charge in [-0.2, -0.15) is 13.2 Å². The summed E-state index contributed by atoms with van der Waals surface area (Å²) >= 11 is 0. The molecule has 130 valence electrons. The molecule has 1 aliphatic rings. The fraction of sp³-hybridized carbons (Fsp3) is 0.400. The Bertz CT molecular complexity index is 679. The summed E-state index contributed by atoms with van der Waals surface area (Å²) in [6.07, 6.45) is -5.92. The molecular weight excluding hydrogens is 334 g/mol. The molecule has 1 amide bonds. The van der Waals surface area contributed by atoms with Crippen molar-refractivity contribution in [3.8, 4) is 0 Å². The summed E-state index contributed by atoms with van der Waals surface area (Å²) in [5.41, 5.74) is -1.39. The van der Waals surface area contributed by atoms with E-state index in [4.69, 9.17) is 5.11 Å². The zero-order valence-corrected chi connectivity index (χ0v) is 12.3. The third-order valence-electron chi connectivity index (χ3n) is 3.89. The molecule has 0 aromatic heterocycles. The summed E-state index contributed by atoms with van der Waals surface area (Å²) in [5, 5.41) is 8.84. The Hall–Kier alpha value is -2.45. The molecular formula is C15H13F4NO4. The highest BCUT2D eigenvalue weighted by molar-refractivity contribution is 6.04. The van der Waals surface area contributed by atoms with Gasteiger partial charge in [-0.1, -0.05) is 0 Å². The molecule has 1 saturated heterocycles. The minimum Gasteiger partial charge on any atom is -0.465 e. The van der Waals surface area contributed by atoms with Gasteiger partial charge in [0.05, 0.1) is 5.56 Å². The molecule has 1 heterocycles. The van der Waals surface area contributed by atoms with Gasteiger partial charge in [0.25, 0.3) is 5.78 Å². The van der Waals surface area contributed by atoms with Gasteiger partial charge in [-0.25, -0.2) is 9.18 Å². The van der Waals surface area contributed by atoms with Crippen molar-refractivity contribution >= 4 is 17.7 Å². The van der Waals surface area contributed by atoms with E-state index < -0.39 is 41.1 Å². The number of carboxylic acid groups (broad SMARTS) is 1. The quantitative estimate of drug-likeness (QED) is 0.673. The van der Waals surface area contributed by atoms with Gasteiger partial charge in [0.15, 0.2) is 5.78 Å². The monoisotopic (exact) mass is 347 g/mol. The van der Waals surface area contributed by atoms with E-state index >= 15 is 0 Å². The van der Waals surface area contributed by atoms with E-state index in [9.17, 15) is 31.9 Å². The van der Waals surface area contributed by atoms with Crippen molar-refractivity contribution in [3.63, 3.8) is 0 Å². The first-order valence-corrected chi connectivity index (χ1v) is 7.04. The van der Waals surface area contributed by atoms with Crippen LogP contribution >= 0.6 is 0 Å². The molecule has 1 fully saturated rings. The lowest BCUT2D eigenvalue weighted by molar-refractivity contribution is -0.0887. The number of piperidine rings is 1. The maximum atomic E-state index is 13.5. The number of alkyl halides is 3. The normalized spacial score (nSPS) is 16.1. The fourth-order valence-corrected chi connectivity index (χ4v) is 2.57. The first kappa shape index (κ1) is 17.9. The average Bonchev–Trinajstić information content (AvgIpc) is 2.53. The number of likely N-dealkylation sites (tertiary alicyclic amines) is 1. The van der Waals surface area contributed by atoms with Gasteiger partial charge in [0.1, 0.15) is 5.82 Å². The summed E-state index contributed by atoms with van der Waals surface area (Å²) in [4.78, 5) is 35.5. The van der Waals surface area contributed by atoms with Crippen LogP contribution in [0.3, 0.4) is 0 Å². The van der Waals surface area contributed by atoms with E-state index in [1.54, 1.807) is 0 Å². The van der Waals surface area contributed by atoms with Crippen LogP contribution in [0.1, 0.15) is 33.6 Å². The fourth-order valence-electron chi connectivity index (χ4n) is 2.57. The third-order valence-corrected chi connectivity index (χ3v) is 3.89. The van der Waals surface area contributed by atoms with E-state index in [2.05, 4.69) is 0 Å². The van der Waals surface area contributed by atoms with Crippen LogP contribution in [0.25, 0.3) is 0 Å². The van der Waals surface area contributed by atoms with Crippen LogP contribution in [0, 0.1) is 11.7 Å². The molecule has 0 saturated carbocycles. The topological polar surface area (TPSA) is 74.7 Å². The SMILES string of the molecule is O=C(c1ccc(F)c(C(=O)C(F)(F)F)c1)C1CCN(C(=O)O)CC1. The smallest absolute Gasteiger partial charge is 0.454 e. The summed E-state index contributed by atoms with van der Waals surface area (Å²) in [7, 11) is 0. The Balaban J connectivity index is 2.19. The van der Waals surface area contributed by atoms with Crippen LogP contribution < -0.4 is 0 Å². The number of amides is 1. The number of Topliss-reactive ketones (excluding diaryl/α,β-unsaturated/α-hetero) is 2. The number of benzene rings is 1. The third kappa shape index (κ3) is 3.72. The van der Waals surface area contributed by atoms with Gasteiger partial charge in [0.2, 0.25) is 0 Å². The molecule has 24 heavy (non-hydrogen) atoms. The van der Waals surface area contributed by atoms with Crippen LogP contribution in [0.4, 0.5) is 22.4 Å². The molecule has 0 radical (unpaired) electrons. The molecule has 0 spiro atoms. The Morgan fingerprint density at radius 3 is 2.21 bits per heavy atom. The van der Waals surface area contributed by atoms with Crippen LogP contribution in [-0.2, 0) is 0 Å². The van der Waals surface area contributed by atoms with Crippen molar-refractivity contribution in [2.24, 2.45) is 5.92 Å². The summed E-state index contributed by atoms with van der Waals surface area (Å²) < 4.78 is 50.9. The lowest BCUT2D eigenvalue weighted by Crippen LogP contribution is -2.39. The lowest BCUT2D eigenvalue weighted by atomic mass is 9.88. The first-order valence-electron chi connectivity index (χ1n) is 7.04. The van der Waals surface area contributed by atoms with Crippen molar-refractivity contribution in [2.45, 2.75) is 19.0 Å². The van der Waals surface area contributed by atoms with Gasteiger partial charge in [0, 0.05) is 24.6 Å². The van der Waals surface area contributed by atoms with Crippen molar-refractivity contribution < 1.29 is 37.1 Å². The molecule has 1 N–H and O–H groups in total. The molecule has 0 bridgehead atoms. The highest BCUT2D eigenvalue weighted by Crippen LogP contribution is 2.26. The number of rotatable bonds is 3. The highest BCUT2D eigenvalue weighted by atomic mass is 19.4. The predicted octanol–water partition coefficient (Wildman–Crippen LogP) is 3.14.